The van der Waals surface area contributed by atoms with E-state index in [9.17, 15) is 19.8 Å². The number of aliphatic carboxylic acids is 1. The molecule has 7 N–H and O–H groups in total. The van der Waals surface area contributed by atoms with Gasteiger partial charge in [0.1, 0.15) is 34.3 Å². The van der Waals surface area contributed by atoms with E-state index in [-0.39, 0.29) is 26.6 Å². The second-order valence-corrected chi connectivity index (χ2v) is 12.9. The van der Waals surface area contributed by atoms with Gasteiger partial charge in [-0.1, -0.05) is 34.2 Å². The Morgan fingerprint density at radius 3 is 2.89 bits per heavy atom. The molecule has 1 amide bonds. The van der Waals surface area contributed by atoms with E-state index < -0.39 is 50.5 Å². The number of thioether (sulfide) groups is 1. The second-order valence-electron chi connectivity index (χ2n) is 7.62. The molecule has 4 heterocycles. The lowest BCUT2D eigenvalue weighted by Gasteiger charge is -2.55. The summed E-state index contributed by atoms with van der Waals surface area (Å²) in [5.74, 6) is -1.38. The molecule has 3 atom stereocenters. The summed E-state index contributed by atoms with van der Waals surface area (Å²) in [5, 5.41) is 27.0. The first-order chi connectivity index (χ1) is 17.2. The number of carbonyl (C=O) groups is 2. The number of nitrogens with two attached hydrogens (primary N) is 2. The Morgan fingerprint density at radius 2 is 2.25 bits per heavy atom. The maximum absolute atomic E-state index is 13.0. The maximum atomic E-state index is 13.0. The number of rotatable bonds is 8. The smallest absolute Gasteiger partial charge is 0.352 e. The molecular formula is C20H23ClIN7O5S2. The van der Waals surface area contributed by atoms with Crippen LogP contribution in [0, 0.1) is 0 Å². The molecule has 0 radical (unpaired) electrons. The van der Waals surface area contributed by atoms with Crippen molar-refractivity contribution in [2.45, 2.75) is 17.6 Å². The van der Waals surface area contributed by atoms with Gasteiger partial charge in [0.2, 0.25) is 0 Å². The molecule has 1 aromatic rings. The quantitative estimate of drug-likeness (QED) is 0.114. The predicted molar refractivity (Wildman–Crippen MR) is 149 cm³/mol. The normalized spacial score (nSPS) is 23.8. The average Bonchev–Trinajstić information content (AvgIpc) is 3.03. The molecule has 1 saturated heterocycles. The largest absolute Gasteiger partial charge is 0.477 e. The number of halogens is 2. The fourth-order valence-corrected chi connectivity index (χ4v) is 8.09. The average molecular weight is 668 g/mol. The van der Waals surface area contributed by atoms with Crippen LogP contribution in [-0.2, 0) is 14.4 Å². The number of amides is 1. The minimum atomic E-state index is -1.25. The van der Waals surface area contributed by atoms with Crippen LogP contribution < -0.4 is 16.8 Å². The third kappa shape index (κ3) is 5.40. The number of carbonyl (C=O) groups excluding carboxylic acids is 1. The van der Waals surface area contributed by atoms with Crippen molar-refractivity contribution < 1.29 is 24.6 Å². The number of hydrogen-bond donors (Lipinski definition) is 5. The Morgan fingerprint density at radius 1 is 1.47 bits per heavy atom. The number of aliphatic hydroxyl groups is 1. The highest BCUT2D eigenvalue weighted by Gasteiger charge is 2.54. The SMILES string of the molecule is CO/N=C(\C(=O)N[C@@H]1C(O)N2C(C(=O)O)=C(CN3C=CC(CN)=CC=I3)CS[C@H]12)c1nc(N)sc1Cl. The van der Waals surface area contributed by atoms with Crippen LogP contribution in [-0.4, -0.2) is 88.4 Å². The lowest BCUT2D eigenvalue weighted by atomic mass is 10.0. The van der Waals surface area contributed by atoms with Crippen molar-refractivity contribution in [3.63, 3.8) is 0 Å². The van der Waals surface area contributed by atoms with Gasteiger partial charge in [0.15, 0.2) is 17.1 Å². The molecular weight excluding hydrogens is 645 g/mol. The highest BCUT2D eigenvalue weighted by Crippen LogP contribution is 2.43. The summed E-state index contributed by atoms with van der Waals surface area (Å²) in [6.45, 7) is 0.846. The highest BCUT2D eigenvalue weighted by molar-refractivity contribution is 14.2. The van der Waals surface area contributed by atoms with Crippen molar-refractivity contribution in [2.75, 3.05) is 31.7 Å². The van der Waals surface area contributed by atoms with Gasteiger partial charge in [-0.15, -0.1) is 11.8 Å². The van der Waals surface area contributed by atoms with Crippen molar-refractivity contribution in [1.29, 1.82) is 0 Å². The molecule has 1 unspecified atom stereocenters. The number of nitrogen functional groups attached to an aromatic ring is 1. The third-order valence-corrected chi connectivity index (χ3v) is 9.94. The van der Waals surface area contributed by atoms with Gasteiger partial charge in [0.05, 0.1) is 6.54 Å². The van der Waals surface area contributed by atoms with Crippen molar-refractivity contribution in [3.8, 4) is 0 Å². The molecule has 16 heteroatoms. The summed E-state index contributed by atoms with van der Waals surface area (Å²) in [5.41, 5.74) is 13.0. The van der Waals surface area contributed by atoms with E-state index in [0.717, 1.165) is 16.9 Å². The molecule has 194 valence electrons. The van der Waals surface area contributed by atoms with E-state index in [1.54, 1.807) is 0 Å². The fraction of sp³-hybridized carbons (Fsp3) is 0.350. The summed E-state index contributed by atoms with van der Waals surface area (Å²) in [7, 11) is 1.27. The van der Waals surface area contributed by atoms with Gasteiger partial charge in [0.25, 0.3) is 5.91 Å². The number of anilines is 1. The number of carboxylic acids is 1. The van der Waals surface area contributed by atoms with E-state index in [4.69, 9.17) is 27.9 Å². The zero-order valence-electron chi connectivity index (χ0n) is 18.8. The van der Waals surface area contributed by atoms with Gasteiger partial charge in [0, 0.05) is 18.5 Å². The van der Waals surface area contributed by atoms with Crippen LogP contribution in [0.2, 0.25) is 4.34 Å². The predicted octanol–water partition coefficient (Wildman–Crippen LogP) is 0.662. The van der Waals surface area contributed by atoms with Crippen LogP contribution in [0.4, 0.5) is 5.13 Å². The third-order valence-electron chi connectivity index (χ3n) is 5.42. The van der Waals surface area contributed by atoms with Crippen LogP contribution in [0.3, 0.4) is 0 Å². The van der Waals surface area contributed by atoms with Gasteiger partial charge in [-0.2, -0.15) is 0 Å². The van der Waals surface area contributed by atoms with Crippen molar-refractivity contribution >= 4 is 82.4 Å². The van der Waals surface area contributed by atoms with Crippen LogP contribution in [0.1, 0.15) is 5.69 Å². The number of hydrogen-bond acceptors (Lipinski definition) is 12. The van der Waals surface area contributed by atoms with Crippen LogP contribution in [0.5, 0.6) is 0 Å². The molecule has 1 aromatic heterocycles. The molecule has 3 aliphatic rings. The first kappa shape index (κ1) is 26.9. The van der Waals surface area contributed by atoms with Gasteiger partial charge in [-0.3, -0.25) is 4.79 Å². The first-order valence-corrected chi connectivity index (χ1v) is 14.9. The minimum Gasteiger partial charge on any atom is -0.477 e. The Balaban J connectivity index is 1.51. The molecule has 0 saturated carbocycles. The standard InChI is InChI=1S/C20H23ClIN7O5S2/c1-34-27-12(11-15(21)36-20(24)26-11)16(30)25-13-17(31)29-14(19(32)33)10(8-35-18(13)29)7-28-5-3-9(6-23)2-4-22-28/h2-5,13,17-18,31H,6-8,23H2,1H3,(H2,24,26)(H,25,30)(H,32,33)/b27-12-/t13-,17?,18-/m1/s1. The van der Waals surface area contributed by atoms with E-state index in [1.165, 1.54) is 23.8 Å². The first-order valence-electron chi connectivity index (χ1n) is 10.4. The molecule has 0 aromatic carbocycles. The molecule has 0 bridgehead atoms. The Hall–Kier alpha value is -2.18. The topological polar surface area (TPSA) is 180 Å². The summed E-state index contributed by atoms with van der Waals surface area (Å²) in [6, 6.07) is -0.759. The monoisotopic (exact) mass is 667 g/mol. The molecule has 3 aliphatic heterocycles. The van der Waals surface area contributed by atoms with E-state index in [0.29, 0.717) is 24.4 Å². The van der Waals surface area contributed by atoms with Gasteiger partial charge >= 0.3 is 5.97 Å². The number of nitrogens with zero attached hydrogens (tertiary/aromatic N) is 4. The summed E-state index contributed by atoms with van der Waals surface area (Å²) in [4.78, 5) is 35.4. The van der Waals surface area contributed by atoms with Crippen molar-refractivity contribution in [1.82, 2.24) is 18.3 Å². The molecule has 4 rings (SSSR count). The Labute approximate surface area is 229 Å². The second kappa shape index (κ2) is 11.5. The van der Waals surface area contributed by atoms with Gasteiger partial charge < -0.3 is 39.8 Å². The number of oxime groups is 1. The van der Waals surface area contributed by atoms with Crippen LogP contribution >= 0.6 is 55.7 Å². The summed E-state index contributed by atoms with van der Waals surface area (Å²) < 4.78 is 4.32. The van der Waals surface area contributed by atoms with Gasteiger partial charge in [-0.25, -0.2) is 9.78 Å². The number of fused-ring (bicyclic) bond motifs is 1. The number of allylic oxidation sites excluding steroid dienone is 1. The van der Waals surface area contributed by atoms with Crippen molar-refractivity contribution in [3.05, 3.63) is 45.2 Å². The lowest BCUT2D eigenvalue weighted by molar-refractivity contribution is -0.146. The molecule has 0 aliphatic carbocycles. The van der Waals surface area contributed by atoms with E-state index in [1.807, 2.05) is 18.4 Å². The Kier molecular flexibility index (Phi) is 8.56. The fourth-order valence-electron chi connectivity index (χ4n) is 3.77. The number of carboxylic acid groups (broad SMARTS) is 1. The molecule has 36 heavy (non-hydrogen) atoms. The zero-order chi connectivity index (χ0) is 26.0. The van der Waals surface area contributed by atoms with E-state index >= 15 is 0 Å². The minimum absolute atomic E-state index is 0.0477. The van der Waals surface area contributed by atoms with Gasteiger partial charge in [-0.05, 0) is 42.2 Å². The summed E-state index contributed by atoms with van der Waals surface area (Å²) in [6.07, 6.45) is 4.59. The van der Waals surface area contributed by atoms with Crippen LogP contribution in [0.25, 0.3) is 0 Å². The molecule has 12 nitrogen and oxygen atoms in total. The molecule has 0 spiro atoms. The zero-order valence-corrected chi connectivity index (χ0v) is 23.3. The number of nitrogens with one attached hydrogen (secondary N) is 1. The number of thiazole rings is 1. The van der Waals surface area contributed by atoms with E-state index in [2.05, 4.69) is 22.6 Å². The van der Waals surface area contributed by atoms with Crippen LogP contribution in [0.15, 0.2) is 40.4 Å². The lowest BCUT2D eigenvalue weighted by Crippen LogP contribution is -2.73. The number of aliphatic hydroxyl groups excluding tert-OH is 1. The number of aromatic nitrogens is 1. The Bertz CT molecular complexity index is 1220. The molecule has 1 fully saturated rings. The summed E-state index contributed by atoms with van der Waals surface area (Å²) >= 11 is 8.06. The van der Waals surface area contributed by atoms with Crippen molar-refractivity contribution in [2.24, 2.45) is 10.9 Å². The maximum Gasteiger partial charge on any atom is 0.352 e. The highest BCUT2D eigenvalue weighted by atomic mass is 127.